The zero-order chi connectivity index (χ0) is 23.8. The lowest BCUT2D eigenvalue weighted by molar-refractivity contribution is -0.139. The molecule has 1 atom stereocenters. The normalized spacial score (nSPS) is 14.8. The summed E-state index contributed by atoms with van der Waals surface area (Å²) in [5.74, 6) is -0.103. The average Bonchev–Trinajstić information content (AvgIpc) is 3.29. The van der Waals surface area contributed by atoms with Gasteiger partial charge < -0.3 is 10.2 Å². The first-order chi connectivity index (χ1) is 15.9. The molecular formula is C25H29Cl2FN2O2S. The fourth-order valence-corrected chi connectivity index (χ4v) is 5.43. The number of hydrogen-bond acceptors (Lipinski definition) is 3. The summed E-state index contributed by atoms with van der Waals surface area (Å²) in [4.78, 5) is 28.0. The number of carbonyl (C=O) groups excluding carboxylic acids is 2. The second-order valence-electron chi connectivity index (χ2n) is 8.26. The van der Waals surface area contributed by atoms with E-state index < -0.39 is 6.04 Å². The zero-order valence-electron chi connectivity index (χ0n) is 18.7. The molecule has 33 heavy (non-hydrogen) atoms. The van der Waals surface area contributed by atoms with E-state index in [0.29, 0.717) is 27.8 Å². The van der Waals surface area contributed by atoms with Gasteiger partial charge in [-0.05, 0) is 48.6 Å². The van der Waals surface area contributed by atoms with Crippen molar-refractivity contribution in [1.29, 1.82) is 0 Å². The van der Waals surface area contributed by atoms with Crippen LogP contribution in [0.5, 0.6) is 0 Å². The van der Waals surface area contributed by atoms with Crippen molar-refractivity contribution in [2.24, 2.45) is 0 Å². The third-order valence-corrected chi connectivity index (χ3v) is 7.44. The lowest BCUT2D eigenvalue weighted by Crippen LogP contribution is -2.51. The standard InChI is InChI=1S/C25H29Cl2FN2O2S/c1-2-23(25(32)29-20-8-4-5-9-20)30(14-17-11-12-19(26)13-21(17)27)24(31)16-33-15-18-7-3-6-10-22(18)28/h3,6-7,10-13,20,23H,2,4-5,8-9,14-16H2,1H3,(H,29,32). The van der Waals surface area contributed by atoms with Gasteiger partial charge in [-0.15, -0.1) is 11.8 Å². The van der Waals surface area contributed by atoms with Gasteiger partial charge >= 0.3 is 0 Å². The Hall–Kier alpha value is -1.76. The summed E-state index contributed by atoms with van der Waals surface area (Å²) in [6.45, 7) is 2.10. The van der Waals surface area contributed by atoms with Crippen molar-refractivity contribution in [1.82, 2.24) is 10.2 Å². The lowest BCUT2D eigenvalue weighted by Gasteiger charge is -2.31. The number of hydrogen-bond donors (Lipinski definition) is 1. The minimum atomic E-state index is -0.612. The van der Waals surface area contributed by atoms with Gasteiger partial charge in [0, 0.05) is 28.4 Å². The second-order valence-corrected chi connectivity index (χ2v) is 10.1. The lowest BCUT2D eigenvalue weighted by atomic mass is 10.1. The van der Waals surface area contributed by atoms with Gasteiger partial charge in [0.15, 0.2) is 0 Å². The molecule has 0 saturated heterocycles. The molecule has 2 aromatic carbocycles. The van der Waals surface area contributed by atoms with E-state index in [9.17, 15) is 14.0 Å². The molecule has 0 radical (unpaired) electrons. The first-order valence-electron chi connectivity index (χ1n) is 11.2. The summed E-state index contributed by atoms with van der Waals surface area (Å²) in [7, 11) is 0. The summed E-state index contributed by atoms with van der Waals surface area (Å²) in [6, 6.07) is 11.2. The van der Waals surface area contributed by atoms with Crippen LogP contribution in [0.3, 0.4) is 0 Å². The molecule has 1 aliphatic rings. The van der Waals surface area contributed by atoms with Crippen molar-refractivity contribution in [2.45, 2.75) is 63.4 Å². The van der Waals surface area contributed by atoms with E-state index >= 15 is 0 Å². The minimum absolute atomic E-state index is 0.132. The number of carbonyl (C=O) groups is 2. The van der Waals surface area contributed by atoms with Crippen molar-refractivity contribution in [2.75, 3.05) is 5.75 Å². The third-order valence-electron chi connectivity index (χ3n) is 5.88. The highest BCUT2D eigenvalue weighted by atomic mass is 35.5. The molecule has 178 valence electrons. The van der Waals surface area contributed by atoms with Crippen molar-refractivity contribution in [3.05, 3.63) is 69.5 Å². The van der Waals surface area contributed by atoms with Crippen LogP contribution in [0.15, 0.2) is 42.5 Å². The Morgan fingerprint density at radius 3 is 2.55 bits per heavy atom. The molecule has 1 unspecified atom stereocenters. The molecule has 1 saturated carbocycles. The molecule has 0 spiro atoms. The van der Waals surface area contributed by atoms with Crippen LogP contribution in [0.2, 0.25) is 10.0 Å². The van der Waals surface area contributed by atoms with Crippen LogP contribution in [0.25, 0.3) is 0 Å². The molecule has 8 heteroatoms. The summed E-state index contributed by atoms with van der Waals surface area (Å²) in [5.41, 5.74) is 1.27. The SMILES string of the molecule is CCC(C(=O)NC1CCCC1)N(Cc1ccc(Cl)cc1Cl)C(=O)CSCc1ccccc1F. The number of nitrogens with one attached hydrogen (secondary N) is 1. The Balaban J connectivity index is 1.74. The number of benzene rings is 2. The van der Waals surface area contributed by atoms with Crippen LogP contribution in [-0.2, 0) is 21.9 Å². The van der Waals surface area contributed by atoms with Crippen molar-refractivity contribution in [3.8, 4) is 0 Å². The van der Waals surface area contributed by atoms with Gasteiger partial charge in [0.2, 0.25) is 11.8 Å². The highest BCUT2D eigenvalue weighted by Gasteiger charge is 2.31. The molecule has 0 bridgehead atoms. The van der Waals surface area contributed by atoms with E-state index in [-0.39, 0.29) is 36.0 Å². The maximum atomic E-state index is 13.9. The van der Waals surface area contributed by atoms with Crippen LogP contribution >= 0.6 is 35.0 Å². The molecule has 2 aromatic rings. The molecule has 1 N–H and O–H groups in total. The topological polar surface area (TPSA) is 49.4 Å². The summed E-state index contributed by atoms with van der Waals surface area (Å²) in [5, 5.41) is 4.08. The summed E-state index contributed by atoms with van der Waals surface area (Å²) in [6.07, 6.45) is 4.64. The second kappa shape index (κ2) is 12.6. The van der Waals surface area contributed by atoms with E-state index in [4.69, 9.17) is 23.2 Å². The van der Waals surface area contributed by atoms with Crippen LogP contribution in [0.4, 0.5) is 4.39 Å². The number of thioether (sulfide) groups is 1. The van der Waals surface area contributed by atoms with Crippen molar-refractivity contribution in [3.63, 3.8) is 0 Å². The minimum Gasteiger partial charge on any atom is -0.352 e. The Morgan fingerprint density at radius 2 is 1.88 bits per heavy atom. The van der Waals surface area contributed by atoms with Gasteiger partial charge in [0.05, 0.1) is 5.75 Å². The van der Waals surface area contributed by atoms with Gasteiger partial charge in [-0.1, -0.05) is 67.2 Å². The molecule has 1 aliphatic carbocycles. The van der Waals surface area contributed by atoms with Crippen molar-refractivity contribution < 1.29 is 14.0 Å². The predicted molar refractivity (Wildman–Crippen MR) is 134 cm³/mol. The highest BCUT2D eigenvalue weighted by Crippen LogP contribution is 2.25. The summed E-state index contributed by atoms with van der Waals surface area (Å²) >= 11 is 13.7. The molecule has 3 rings (SSSR count). The van der Waals surface area contributed by atoms with Gasteiger partial charge in [-0.2, -0.15) is 0 Å². The Kier molecular flexibility index (Phi) is 9.90. The first-order valence-corrected chi connectivity index (χ1v) is 13.1. The predicted octanol–water partition coefficient (Wildman–Crippen LogP) is 6.23. The molecule has 4 nitrogen and oxygen atoms in total. The quantitative estimate of drug-likeness (QED) is 0.411. The monoisotopic (exact) mass is 510 g/mol. The summed E-state index contributed by atoms with van der Waals surface area (Å²) < 4.78 is 13.9. The third kappa shape index (κ3) is 7.36. The van der Waals surface area contributed by atoms with E-state index in [1.807, 2.05) is 6.92 Å². The molecule has 0 aliphatic heterocycles. The Labute approximate surface area is 209 Å². The van der Waals surface area contributed by atoms with Gasteiger partial charge in [0.1, 0.15) is 11.9 Å². The molecule has 1 fully saturated rings. The number of rotatable bonds is 10. The van der Waals surface area contributed by atoms with E-state index in [2.05, 4.69) is 5.32 Å². The van der Waals surface area contributed by atoms with Crippen LogP contribution in [0.1, 0.15) is 50.2 Å². The zero-order valence-corrected chi connectivity index (χ0v) is 21.0. The van der Waals surface area contributed by atoms with Crippen molar-refractivity contribution >= 4 is 46.8 Å². The molecular weight excluding hydrogens is 482 g/mol. The largest absolute Gasteiger partial charge is 0.352 e. The molecule has 0 aromatic heterocycles. The van der Waals surface area contributed by atoms with Crippen LogP contribution in [0, 0.1) is 5.82 Å². The van der Waals surface area contributed by atoms with Crippen LogP contribution in [-0.4, -0.2) is 34.6 Å². The maximum absolute atomic E-state index is 13.9. The van der Waals surface area contributed by atoms with E-state index in [1.165, 1.54) is 17.8 Å². The molecule has 0 heterocycles. The fraction of sp³-hybridized carbons (Fsp3) is 0.440. The molecule has 2 amide bonds. The van der Waals surface area contributed by atoms with Gasteiger partial charge in [-0.25, -0.2) is 4.39 Å². The first kappa shape index (κ1) is 25.9. The maximum Gasteiger partial charge on any atom is 0.243 e. The van der Waals surface area contributed by atoms with Gasteiger partial charge in [0.25, 0.3) is 0 Å². The Morgan fingerprint density at radius 1 is 1.15 bits per heavy atom. The fourth-order valence-electron chi connectivity index (χ4n) is 4.07. The van der Waals surface area contributed by atoms with E-state index in [0.717, 1.165) is 31.2 Å². The smallest absolute Gasteiger partial charge is 0.243 e. The highest BCUT2D eigenvalue weighted by molar-refractivity contribution is 7.99. The Bertz CT molecular complexity index is 969. The van der Waals surface area contributed by atoms with E-state index in [1.54, 1.807) is 41.3 Å². The number of amides is 2. The van der Waals surface area contributed by atoms with Gasteiger partial charge in [-0.3, -0.25) is 9.59 Å². The average molecular weight is 511 g/mol. The van der Waals surface area contributed by atoms with Crippen LogP contribution < -0.4 is 5.32 Å². The number of halogens is 3. The number of nitrogens with zero attached hydrogens (tertiary/aromatic N) is 1.